The zero-order chi connectivity index (χ0) is 17.8. The Hall–Kier alpha value is -0.260. The van der Waals surface area contributed by atoms with Gasteiger partial charge in [0.15, 0.2) is 0 Å². The number of hydrogen-bond donors (Lipinski definition) is 0. The average Bonchev–Trinajstić information content (AvgIpc) is 2.93. The second-order valence-electron chi connectivity index (χ2n) is 11.1. The van der Waals surface area contributed by atoms with Crippen molar-refractivity contribution in [2.75, 3.05) is 0 Å². The fourth-order valence-electron chi connectivity index (χ4n) is 8.68. The summed E-state index contributed by atoms with van der Waals surface area (Å²) in [4.78, 5) is 0. The van der Waals surface area contributed by atoms with Crippen LogP contribution in [0.3, 0.4) is 0 Å². The Morgan fingerprint density at radius 3 is 2.40 bits per heavy atom. The Labute approximate surface area is 157 Å². The van der Waals surface area contributed by atoms with E-state index in [1.54, 1.807) is 18.4 Å². The summed E-state index contributed by atoms with van der Waals surface area (Å²) in [5.74, 6) is 6.03. The Morgan fingerprint density at radius 2 is 1.64 bits per heavy atom. The molecule has 0 aromatic rings. The average molecular weight is 343 g/mol. The van der Waals surface area contributed by atoms with Crippen molar-refractivity contribution in [1.29, 1.82) is 0 Å². The molecule has 0 aromatic carbocycles. The Balaban J connectivity index is 1.59. The van der Waals surface area contributed by atoms with Crippen LogP contribution in [0.25, 0.3) is 0 Å². The third-order valence-electron chi connectivity index (χ3n) is 10.0. The molecule has 0 N–H and O–H groups in total. The smallest absolute Gasteiger partial charge is 0.0149 e. The van der Waals surface area contributed by atoms with Crippen LogP contribution in [0.15, 0.2) is 11.6 Å². The van der Waals surface area contributed by atoms with E-state index in [1.165, 1.54) is 51.4 Å². The molecule has 4 aliphatic carbocycles. The standard InChI is InChI=1S/C25H42/c1-6-7-18(3)21-10-11-22-20-9-8-19-16-17(2)12-14-24(19,4)23(20)13-15-25(21,22)5/h7,17,19-23H,6,8-16H2,1-5H3/b18-7+. The van der Waals surface area contributed by atoms with Gasteiger partial charge in [-0.05, 0) is 111 Å². The Bertz CT molecular complexity index is 530. The van der Waals surface area contributed by atoms with Crippen LogP contribution in [0, 0.1) is 46.3 Å². The maximum absolute atomic E-state index is 2.72. The van der Waals surface area contributed by atoms with E-state index < -0.39 is 0 Å². The van der Waals surface area contributed by atoms with Gasteiger partial charge in [-0.3, -0.25) is 0 Å². The molecule has 142 valence electrons. The van der Waals surface area contributed by atoms with E-state index in [4.69, 9.17) is 0 Å². The van der Waals surface area contributed by atoms with Gasteiger partial charge in [-0.15, -0.1) is 0 Å². The van der Waals surface area contributed by atoms with Gasteiger partial charge in [0.1, 0.15) is 0 Å². The minimum Gasteiger partial charge on any atom is -0.0856 e. The lowest BCUT2D eigenvalue weighted by molar-refractivity contribution is -0.114. The van der Waals surface area contributed by atoms with Gasteiger partial charge in [-0.25, -0.2) is 0 Å². The van der Waals surface area contributed by atoms with E-state index in [0.29, 0.717) is 10.8 Å². The highest BCUT2D eigenvalue weighted by Crippen LogP contribution is 2.68. The molecular weight excluding hydrogens is 300 g/mol. The molecule has 4 aliphatic rings. The lowest BCUT2D eigenvalue weighted by Gasteiger charge is -2.61. The molecule has 0 aliphatic heterocycles. The number of fused-ring (bicyclic) bond motifs is 5. The maximum Gasteiger partial charge on any atom is -0.0149 e. The molecule has 0 aromatic heterocycles. The van der Waals surface area contributed by atoms with Gasteiger partial charge in [-0.2, -0.15) is 0 Å². The van der Waals surface area contributed by atoms with Crippen molar-refractivity contribution in [1.82, 2.24) is 0 Å². The molecule has 0 bridgehead atoms. The van der Waals surface area contributed by atoms with E-state index >= 15 is 0 Å². The third kappa shape index (κ3) is 2.68. The van der Waals surface area contributed by atoms with Crippen LogP contribution in [0.4, 0.5) is 0 Å². The van der Waals surface area contributed by atoms with Crippen LogP contribution < -0.4 is 0 Å². The molecule has 4 saturated carbocycles. The number of rotatable bonds is 2. The predicted octanol–water partition coefficient (Wildman–Crippen LogP) is 7.64. The van der Waals surface area contributed by atoms with Crippen molar-refractivity contribution < 1.29 is 0 Å². The SMILES string of the molecule is CC/C=C(\C)C1CCC2C3CCC4CC(C)CCC4(C)C3CCC12C. The Morgan fingerprint density at radius 1 is 0.920 bits per heavy atom. The molecule has 0 heteroatoms. The van der Waals surface area contributed by atoms with E-state index in [2.05, 4.69) is 40.7 Å². The van der Waals surface area contributed by atoms with Gasteiger partial charge < -0.3 is 0 Å². The van der Waals surface area contributed by atoms with E-state index in [9.17, 15) is 0 Å². The largest absolute Gasteiger partial charge is 0.0856 e. The highest BCUT2D eigenvalue weighted by atomic mass is 14.6. The van der Waals surface area contributed by atoms with Gasteiger partial charge >= 0.3 is 0 Å². The van der Waals surface area contributed by atoms with E-state index in [-0.39, 0.29) is 0 Å². The molecule has 25 heavy (non-hydrogen) atoms. The highest BCUT2D eigenvalue weighted by Gasteiger charge is 2.59. The molecular formula is C25H42. The van der Waals surface area contributed by atoms with E-state index in [0.717, 1.165) is 35.5 Å². The number of hydrogen-bond acceptors (Lipinski definition) is 0. The van der Waals surface area contributed by atoms with Crippen LogP contribution in [-0.2, 0) is 0 Å². The van der Waals surface area contributed by atoms with Crippen molar-refractivity contribution >= 4 is 0 Å². The predicted molar refractivity (Wildman–Crippen MR) is 108 cm³/mol. The molecule has 0 saturated heterocycles. The molecule has 4 fully saturated rings. The molecule has 0 radical (unpaired) electrons. The molecule has 0 spiro atoms. The van der Waals surface area contributed by atoms with Crippen LogP contribution in [-0.4, -0.2) is 0 Å². The monoisotopic (exact) mass is 342 g/mol. The van der Waals surface area contributed by atoms with Crippen LogP contribution >= 0.6 is 0 Å². The summed E-state index contributed by atoms with van der Waals surface area (Å²) < 4.78 is 0. The van der Waals surface area contributed by atoms with Crippen molar-refractivity contribution in [2.24, 2.45) is 46.3 Å². The van der Waals surface area contributed by atoms with Crippen molar-refractivity contribution in [3.8, 4) is 0 Å². The molecule has 8 unspecified atom stereocenters. The van der Waals surface area contributed by atoms with Crippen molar-refractivity contribution in [3.63, 3.8) is 0 Å². The fourth-order valence-corrected chi connectivity index (χ4v) is 8.68. The first-order chi connectivity index (χ1) is 11.9. The zero-order valence-corrected chi connectivity index (χ0v) is 17.6. The normalized spacial score (nSPS) is 53.1. The summed E-state index contributed by atoms with van der Waals surface area (Å²) >= 11 is 0. The van der Waals surface area contributed by atoms with Crippen molar-refractivity contribution in [3.05, 3.63) is 11.6 Å². The van der Waals surface area contributed by atoms with Gasteiger partial charge in [0.25, 0.3) is 0 Å². The summed E-state index contributed by atoms with van der Waals surface area (Å²) in [6.45, 7) is 12.7. The fraction of sp³-hybridized carbons (Fsp3) is 0.920. The van der Waals surface area contributed by atoms with E-state index in [1.807, 2.05) is 0 Å². The second kappa shape index (κ2) is 6.42. The first kappa shape index (κ1) is 18.1. The highest BCUT2D eigenvalue weighted by molar-refractivity contribution is 5.17. The summed E-state index contributed by atoms with van der Waals surface area (Å²) in [6, 6.07) is 0. The summed E-state index contributed by atoms with van der Waals surface area (Å²) in [5, 5.41) is 0. The molecule has 0 heterocycles. The molecule has 4 rings (SSSR count). The van der Waals surface area contributed by atoms with Gasteiger partial charge in [0.2, 0.25) is 0 Å². The summed E-state index contributed by atoms with van der Waals surface area (Å²) in [7, 11) is 0. The zero-order valence-electron chi connectivity index (χ0n) is 17.6. The Kier molecular flexibility index (Phi) is 4.65. The lowest BCUT2D eigenvalue weighted by Crippen LogP contribution is -2.53. The minimum atomic E-state index is 0.613. The quantitative estimate of drug-likeness (QED) is 0.452. The third-order valence-corrected chi connectivity index (χ3v) is 10.0. The van der Waals surface area contributed by atoms with Gasteiger partial charge in [0, 0.05) is 0 Å². The summed E-state index contributed by atoms with van der Waals surface area (Å²) in [5.41, 5.74) is 3.02. The topological polar surface area (TPSA) is 0 Å². The number of allylic oxidation sites excluding steroid dienone is 2. The first-order valence-corrected chi connectivity index (χ1v) is 11.6. The van der Waals surface area contributed by atoms with Crippen LogP contribution in [0.1, 0.15) is 98.8 Å². The second-order valence-corrected chi connectivity index (χ2v) is 11.1. The lowest BCUT2D eigenvalue weighted by atomic mass is 9.44. The van der Waals surface area contributed by atoms with Gasteiger partial charge in [0.05, 0.1) is 0 Å². The first-order valence-electron chi connectivity index (χ1n) is 11.6. The van der Waals surface area contributed by atoms with Crippen LogP contribution in [0.2, 0.25) is 0 Å². The maximum atomic E-state index is 2.72. The van der Waals surface area contributed by atoms with Crippen molar-refractivity contribution in [2.45, 2.75) is 98.8 Å². The van der Waals surface area contributed by atoms with Crippen LogP contribution in [0.5, 0.6) is 0 Å². The molecule has 0 nitrogen and oxygen atoms in total. The van der Waals surface area contributed by atoms with Gasteiger partial charge in [-0.1, -0.05) is 45.8 Å². The summed E-state index contributed by atoms with van der Waals surface area (Å²) in [6.07, 6.45) is 17.5. The molecule has 8 atom stereocenters. The minimum absolute atomic E-state index is 0.613. The molecule has 0 amide bonds.